The zero-order valence-electron chi connectivity index (χ0n) is 8.81. The zero-order chi connectivity index (χ0) is 11.8. The van der Waals surface area contributed by atoms with Crippen molar-refractivity contribution in [3.63, 3.8) is 0 Å². The largest absolute Gasteiger partial charge is 0.346 e. The lowest BCUT2D eigenvalue weighted by Crippen LogP contribution is -1.99. The molecule has 0 spiro atoms. The van der Waals surface area contributed by atoms with Gasteiger partial charge in [-0.2, -0.15) is 0 Å². The van der Waals surface area contributed by atoms with Gasteiger partial charge in [-0.3, -0.25) is 4.79 Å². The Morgan fingerprint density at radius 2 is 2.12 bits per heavy atom. The zero-order valence-corrected chi connectivity index (χ0v) is 9.63. The number of aldehydes is 1. The van der Waals surface area contributed by atoms with E-state index in [1.54, 1.807) is 12.1 Å². The van der Waals surface area contributed by atoms with Crippen molar-refractivity contribution < 1.29 is 18.7 Å². The molecule has 0 atom stereocenters. The van der Waals surface area contributed by atoms with Crippen LogP contribution in [0.3, 0.4) is 0 Å². The van der Waals surface area contributed by atoms with Gasteiger partial charge in [-0.05, 0) is 6.07 Å². The minimum Gasteiger partial charge on any atom is -0.346 e. The van der Waals surface area contributed by atoms with Crippen LogP contribution < -0.4 is 0 Å². The predicted octanol–water partition coefficient (Wildman–Crippen LogP) is 2.90. The lowest BCUT2D eigenvalue weighted by atomic mass is 10.1. The molecule has 0 unspecified atom stereocenters. The van der Waals surface area contributed by atoms with Gasteiger partial charge in [0.15, 0.2) is 12.6 Å². The third kappa shape index (κ3) is 1.67. The third-order valence-electron chi connectivity index (χ3n) is 2.70. The fraction of sp³-hybridized carbons (Fsp3) is 0.250. The predicted molar refractivity (Wildman–Crippen MR) is 61.8 cm³/mol. The number of ether oxygens (including phenoxy) is 2. The molecule has 0 bridgehead atoms. The number of rotatable bonds is 2. The first kappa shape index (κ1) is 10.8. The van der Waals surface area contributed by atoms with Crippen molar-refractivity contribution in [3.05, 3.63) is 34.5 Å². The van der Waals surface area contributed by atoms with Gasteiger partial charge in [-0.15, -0.1) is 11.3 Å². The normalized spacial score (nSPS) is 16.8. The van der Waals surface area contributed by atoms with Crippen LogP contribution in [0.1, 0.15) is 21.5 Å². The van der Waals surface area contributed by atoms with Gasteiger partial charge in [0, 0.05) is 10.9 Å². The minimum atomic E-state index is -0.550. The summed E-state index contributed by atoms with van der Waals surface area (Å²) in [5.41, 5.74) is 0.650. The van der Waals surface area contributed by atoms with E-state index < -0.39 is 6.29 Å². The van der Waals surface area contributed by atoms with Crippen LogP contribution in [0, 0.1) is 5.82 Å². The first-order valence-corrected chi connectivity index (χ1v) is 6.02. The summed E-state index contributed by atoms with van der Waals surface area (Å²) in [6, 6.07) is 4.78. The molecule has 2 aromatic rings. The molecule has 3 nitrogen and oxygen atoms in total. The maximum Gasteiger partial charge on any atom is 0.186 e. The topological polar surface area (TPSA) is 35.5 Å². The minimum absolute atomic E-state index is 0.320. The Morgan fingerprint density at radius 3 is 2.82 bits per heavy atom. The first-order valence-electron chi connectivity index (χ1n) is 5.20. The van der Waals surface area contributed by atoms with Gasteiger partial charge in [-0.1, -0.05) is 12.1 Å². The highest BCUT2D eigenvalue weighted by molar-refractivity contribution is 7.20. The van der Waals surface area contributed by atoms with Crippen LogP contribution in [0.4, 0.5) is 4.39 Å². The highest BCUT2D eigenvalue weighted by Crippen LogP contribution is 2.38. The van der Waals surface area contributed by atoms with Gasteiger partial charge in [-0.25, -0.2) is 4.39 Å². The number of hydrogen-bond acceptors (Lipinski definition) is 4. The molecular formula is C12H9FO3S. The maximum atomic E-state index is 13.6. The number of halogens is 1. The summed E-state index contributed by atoms with van der Waals surface area (Å²) in [6.45, 7) is 0.991. The van der Waals surface area contributed by atoms with E-state index in [1.165, 1.54) is 6.07 Å². The molecule has 1 saturated heterocycles. The number of carbonyl (C=O) groups is 1. The summed E-state index contributed by atoms with van der Waals surface area (Å²) >= 11 is 1.13. The molecule has 88 valence electrons. The fourth-order valence-electron chi connectivity index (χ4n) is 1.98. The second-order valence-corrected chi connectivity index (χ2v) is 4.74. The van der Waals surface area contributed by atoms with E-state index in [0.29, 0.717) is 33.7 Å². The Hall–Kier alpha value is -1.30. The molecule has 0 amide bonds. The average Bonchev–Trinajstić information content (AvgIpc) is 2.94. The number of fused-ring (bicyclic) bond motifs is 1. The summed E-state index contributed by atoms with van der Waals surface area (Å²) in [4.78, 5) is 11.5. The lowest BCUT2D eigenvalue weighted by molar-refractivity contribution is -0.0430. The third-order valence-corrected chi connectivity index (χ3v) is 3.85. The van der Waals surface area contributed by atoms with Crippen LogP contribution in [0.2, 0.25) is 0 Å². The van der Waals surface area contributed by atoms with Crippen molar-refractivity contribution in [2.75, 3.05) is 13.2 Å². The molecule has 1 aromatic heterocycles. The highest BCUT2D eigenvalue weighted by Gasteiger charge is 2.26. The van der Waals surface area contributed by atoms with Gasteiger partial charge in [0.25, 0.3) is 0 Å². The number of carbonyl (C=O) groups excluding carboxylic acids is 1. The second-order valence-electron chi connectivity index (χ2n) is 3.69. The number of hydrogen-bond donors (Lipinski definition) is 0. The van der Waals surface area contributed by atoms with E-state index >= 15 is 0 Å². The molecule has 5 heteroatoms. The summed E-state index contributed by atoms with van der Waals surface area (Å²) < 4.78 is 24.9. The molecule has 0 radical (unpaired) electrons. The molecule has 2 heterocycles. The standard InChI is InChI=1S/C12H9FO3S/c13-8-3-1-2-7-10(12-15-4-5-16-12)9(6-14)17-11(7)8/h1-3,6,12H,4-5H2. The van der Waals surface area contributed by atoms with Crippen LogP contribution in [-0.4, -0.2) is 19.5 Å². The van der Waals surface area contributed by atoms with E-state index in [0.717, 1.165) is 17.6 Å². The molecule has 0 saturated carbocycles. The Labute approximate surface area is 101 Å². The smallest absolute Gasteiger partial charge is 0.186 e. The quantitative estimate of drug-likeness (QED) is 0.771. The van der Waals surface area contributed by atoms with Crippen molar-refractivity contribution in [1.29, 1.82) is 0 Å². The average molecular weight is 252 g/mol. The van der Waals surface area contributed by atoms with Crippen LogP contribution in [-0.2, 0) is 9.47 Å². The molecule has 1 aliphatic heterocycles. The molecule has 0 aliphatic carbocycles. The van der Waals surface area contributed by atoms with Crippen LogP contribution in [0.25, 0.3) is 10.1 Å². The SMILES string of the molecule is O=Cc1sc2c(F)cccc2c1C1OCCO1. The van der Waals surface area contributed by atoms with E-state index in [1.807, 2.05) is 0 Å². The molecule has 17 heavy (non-hydrogen) atoms. The fourth-order valence-corrected chi connectivity index (χ4v) is 3.02. The van der Waals surface area contributed by atoms with Crippen molar-refractivity contribution in [1.82, 2.24) is 0 Å². The van der Waals surface area contributed by atoms with E-state index in [2.05, 4.69) is 0 Å². The van der Waals surface area contributed by atoms with Gasteiger partial charge in [0.1, 0.15) is 5.82 Å². The van der Waals surface area contributed by atoms with Crippen molar-refractivity contribution in [2.45, 2.75) is 6.29 Å². The summed E-state index contributed by atoms with van der Waals surface area (Å²) in [6.07, 6.45) is 0.176. The Morgan fingerprint density at radius 1 is 1.35 bits per heavy atom. The Kier molecular flexibility index (Phi) is 2.66. The molecule has 1 aromatic carbocycles. The van der Waals surface area contributed by atoms with Gasteiger partial charge < -0.3 is 9.47 Å². The second kappa shape index (κ2) is 4.18. The molecule has 0 N–H and O–H groups in total. The van der Waals surface area contributed by atoms with Crippen LogP contribution in [0.15, 0.2) is 18.2 Å². The summed E-state index contributed by atoms with van der Waals surface area (Å²) in [5.74, 6) is -0.320. The summed E-state index contributed by atoms with van der Waals surface area (Å²) in [5, 5.41) is 0.698. The van der Waals surface area contributed by atoms with E-state index in [4.69, 9.17) is 9.47 Å². The highest BCUT2D eigenvalue weighted by atomic mass is 32.1. The monoisotopic (exact) mass is 252 g/mol. The lowest BCUT2D eigenvalue weighted by Gasteiger charge is -2.08. The Bertz CT molecular complexity index is 572. The van der Waals surface area contributed by atoms with Crippen molar-refractivity contribution in [3.8, 4) is 0 Å². The van der Waals surface area contributed by atoms with Gasteiger partial charge in [0.2, 0.25) is 0 Å². The molecule has 1 aliphatic rings. The van der Waals surface area contributed by atoms with Crippen LogP contribution >= 0.6 is 11.3 Å². The van der Waals surface area contributed by atoms with E-state index in [9.17, 15) is 9.18 Å². The Balaban J connectivity index is 2.26. The number of thiophene rings is 1. The van der Waals surface area contributed by atoms with E-state index in [-0.39, 0.29) is 5.82 Å². The van der Waals surface area contributed by atoms with Gasteiger partial charge >= 0.3 is 0 Å². The summed E-state index contributed by atoms with van der Waals surface area (Å²) in [7, 11) is 0. The number of benzene rings is 1. The molecular weight excluding hydrogens is 243 g/mol. The molecule has 3 rings (SSSR count). The van der Waals surface area contributed by atoms with Crippen LogP contribution in [0.5, 0.6) is 0 Å². The van der Waals surface area contributed by atoms with Crippen molar-refractivity contribution >= 4 is 27.7 Å². The molecule has 1 fully saturated rings. The first-order chi connectivity index (χ1) is 8.31. The van der Waals surface area contributed by atoms with Crippen molar-refractivity contribution in [2.24, 2.45) is 0 Å². The maximum absolute atomic E-state index is 13.6. The van der Waals surface area contributed by atoms with Gasteiger partial charge in [0.05, 0.1) is 22.8 Å².